The quantitative estimate of drug-likeness (QED) is 0.730. The average Bonchev–Trinajstić information content (AvgIpc) is 2.07. The fourth-order valence-corrected chi connectivity index (χ4v) is 2.22. The van der Waals surface area contributed by atoms with Crippen LogP contribution in [-0.2, 0) is 4.74 Å². The third kappa shape index (κ3) is 2.69. The van der Waals surface area contributed by atoms with Crippen LogP contribution in [0.25, 0.3) is 0 Å². The van der Waals surface area contributed by atoms with Crippen molar-refractivity contribution >= 4 is 0 Å². The summed E-state index contributed by atoms with van der Waals surface area (Å²) in [4.78, 5) is 2.32. The van der Waals surface area contributed by atoms with Crippen LogP contribution in [0.2, 0.25) is 0 Å². The topological polar surface area (TPSA) is 32.7 Å². The third-order valence-corrected chi connectivity index (χ3v) is 2.89. The Hall–Kier alpha value is -0.120. The largest absolute Gasteiger partial charge is 0.391 e. The molecule has 1 fully saturated rings. The molecule has 1 N–H and O–H groups in total. The second-order valence-corrected chi connectivity index (χ2v) is 4.96. The maximum absolute atomic E-state index is 9.91. The molecule has 84 valence electrons. The monoisotopic (exact) mass is 201 g/mol. The Morgan fingerprint density at radius 2 is 2.07 bits per heavy atom. The second-order valence-electron chi connectivity index (χ2n) is 4.96. The first-order chi connectivity index (χ1) is 6.46. The highest BCUT2D eigenvalue weighted by Gasteiger charge is 2.34. The van der Waals surface area contributed by atoms with Crippen molar-refractivity contribution < 1.29 is 9.84 Å². The van der Waals surface area contributed by atoms with Gasteiger partial charge in [0.05, 0.1) is 18.8 Å². The van der Waals surface area contributed by atoms with E-state index in [2.05, 4.69) is 32.6 Å². The van der Waals surface area contributed by atoms with Crippen LogP contribution in [0.15, 0.2) is 0 Å². The number of likely N-dealkylation sites (N-methyl/N-ethyl adjacent to an activating group) is 1. The van der Waals surface area contributed by atoms with Crippen molar-refractivity contribution in [2.75, 3.05) is 19.8 Å². The van der Waals surface area contributed by atoms with Gasteiger partial charge in [-0.3, -0.25) is 4.90 Å². The van der Waals surface area contributed by atoms with E-state index < -0.39 is 0 Å². The number of aliphatic hydroxyl groups excluding tert-OH is 1. The molecule has 0 radical (unpaired) electrons. The van der Waals surface area contributed by atoms with E-state index in [1.165, 1.54) is 0 Å². The molecular weight excluding hydrogens is 178 g/mol. The van der Waals surface area contributed by atoms with Gasteiger partial charge in [-0.2, -0.15) is 0 Å². The molecule has 0 aromatic rings. The van der Waals surface area contributed by atoms with E-state index in [0.717, 1.165) is 13.0 Å². The summed E-state index contributed by atoms with van der Waals surface area (Å²) >= 11 is 0. The van der Waals surface area contributed by atoms with Gasteiger partial charge in [0.15, 0.2) is 0 Å². The van der Waals surface area contributed by atoms with E-state index in [-0.39, 0.29) is 17.7 Å². The first-order valence-electron chi connectivity index (χ1n) is 5.49. The standard InChI is InChI=1S/C11H23NO2/c1-5-12(11(2,3)4)9-8-14-7-6-10(9)13/h9-10,13H,5-8H2,1-4H3. The van der Waals surface area contributed by atoms with Crippen molar-refractivity contribution in [3.8, 4) is 0 Å². The molecule has 0 bridgehead atoms. The fourth-order valence-electron chi connectivity index (χ4n) is 2.22. The van der Waals surface area contributed by atoms with Crippen LogP contribution in [0, 0.1) is 0 Å². The van der Waals surface area contributed by atoms with Crippen LogP contribution >= 0.6 is 0 Å². The second kappa shape index (κ2) is 4.60. The Morgan fingerprint density at radius 3 is 2.50 bits per heavy atom. The van der Waals surface area contributed by atoms with Gasteiger partial charge in [0.1, 0.15) is 0 Å². The number of nitrogens with zero attached hydrogens (tertiary/aromatic N) is 1. The molecule has 0 amide bonds. The Labute approximate surface area is 87.1 Å². The Bertz CT molecular complexity index is 177. The lowest BCUT2D eigenvalue weighted by atomic mass is 9.97. The summed E-state index contributed by atoms with van der Waals surface area (Å²) in [5, 5.41) is 9.91. The molecular formula is C11H23NO2. The van der Waals surface area contributed by atoms with E-state index in [1.807, 2.05) is 0 Å². The molecule has 0 spiro atoms. The van der Waals surface area contributed by atoms with Crippen molar-refractivity contribution in [3.05, 3.63) is 0 Å². The molecule has 14 heavy (non-hydrogen) atoms. The highest BCUT2D eigenvalue weighted by molar-refractivity contribution is 4.88. The summed E-state index contributed by atoms with van der Waals surface area (Å²) < 4.78 is 5.43. The normalized spacial score (nSPS) is 29.6. The van der Waals surface area contributed by atoms with Crippen molar-refractivity contribution in [2.24, 2.45) is 0 Å². The first kappa shape index (κ1) is 12.0. The van der Waals surface area contributed by atoms with Crippen molar-refractivity contribution in [2.45, 2.75) is 51.8 Å². The number of aliphatic hydroxyl groups is 1. The van der Waals surface area contributed by atoms with E-state index >= 15 is 0 Å². The van der Waals surface area contributed by atoms with Crippen molar-refractivity contribution in [3.63, 3.8) is 0 Å². The highest BCUT2D eigenvalue weighted by atomic mass is 16.5. The SMILES string of the molecule is CCN(C1COCCC1O)C(C)(C)C. The van der Waals surface area contributed by atoms with Gasteiger partial charge in [-0.25, -0.2) is 0 Å². The number of hydrogen-bond donors (Lipinski definition) is 1. The lowest BCUT2D eigenvalue weighted by Gasteiger charge is -2.44. The van der Waals surface area contributed by atoms with E-state index in [0.29, 0.717) is 13.2 Å². The lowest BCUT2D eigenvalue weighted by molar-refractivity contribution is -0.0842. The molecule has 1 aliphatic heterocycles. The van der Waals surface area contributed by atoms with Crippen LogP contribution < -0.4 is 0 Å². The van der Waals surface area contributed by atoms with Crippen LogP contribution in [0.3, 0.4) is 0 Å². The molecule has 0 aromatic carbocycles. The van der Waals surface area contributed by atoms with Gasteiger partial charge >= 0.3 is 0 Å². The molecule has 1 saturated heterocycles. The summed E-state index contributed by atoms with van der Waals surface area (Å²) in [6, 6.07) is 0.161. The van der Waals surface area contributed by atoms with Gasteiger partial charge < -0.3 is 9.84 Å². The highest BCUT2D eigenvalue weighted by Crippen LogP contribution is 2.22. The van der Waals surface area contributed by atoms with Gasteiger partial charge in [0.2, 0.25) is 0 Å². The molecule has 0 aromatic heterocycles. The maximum Gasteiger partial charge on any atom is 0.0739 e. The number of ether oxygens (including phenoxy) is 1. The number of rotatable bonds is 2. The molecule has 3 heteroatoms. The third-order valence-electron chi connectivity index (χ3n) is 2.89. The van der Waals surface area contributed by atoms with E-state index in [1.54, 1.807) is 0 Å². The van der Waals surface area contributed by atoms with Gasteiger partial charge in [0.25, 0.3) is 0 Å². The van der Waals surface area contributed by atoms with Crippen LogP contribution in [0.5, 0.6) is 0 Å². The van der Waals surface area contributed by atoms with Crippen LogP contribution in [0.4, 0.5) is 0 Å². The molecule has 1 aliphatic rings. The summed E-state index contributed by atoms with van der Waals surface area (Å²) in [7, 11) is 0. The van der Waals surface area contributed by atoms with Gasteiger partial charge in [-0.05, 0) is 33.7 Å². The number of hydrogen-bond acceptors (Lipinski definition) is 3. The summed E-state index contributed by atoms with van der Waals surface area (Å²) in [6.07, 6.45) is 0.528. The molecule has 1 rings (SSSR count). The fraction of sp³-hybridized carbons (Fsp3) is 1.00. The molecule has 1 heterocycles. The molecule has 2 atom stereocenters. The molecule has 2 unspecified atom stereocenters. The van der Waals surface area contributed by atoms with Crippen molar-refractivity contribution in [1.82, 2.24) is 4.90 Å². The lowest BCUT2D eigenvalue weighted by Crippen LogP contribution is -2.56. The zero-order valence-electron chi connectivity index (χ0n) is 9.79. The molecule has 0 aliphatic carbocycles. The van der Waals surface area contributed by atoms with Crippen LogP contribution in [0.1, 0.15) is 34.1 Å². The minimum Gasteiger partial charge on any atom is -0.391 e. The zero-order valence-corrected chi connectivity index (χ0v) is 9.79. The predicted octanol–water partition coefficient (Wildman–Crippen LogP) is 1.26. The van der Waals surface area contributed by atoms with E-state index in [4.69, 9.17) is 4.74 Å². The van der Waals surface area contributed by atoms with Gasteiger partial charge in [-0.15, -0.1) is 0 Å². The van der Waals surface area contributed by atoms with Crippen molar-refractivity contribution in [1.29, 1.82) is 0 Å². The smallest absolute Gasteiger partial charge is 0.0739 e. The summed E-state index contributed by atoms with van der Waals surface area (Å²) in [5.74, 6) is 0. The minimum atomic E-state index is -0.233. The first-order valence-corrected chi connectivity index (χ1v) is 5.49. The molecule has 0 saturated carbocycles. The predicted molar refractivity (Wildman–Crippen MR) is 57.4 cm³/mol. The summed E-state index contributed by atoms with van der Waals surface area (Å²) in [5.41, 5.74) is 0.0983. The Balaban J connectivity index is 2.67. The Morgan fingerprint density at radius 1 is 1.43 bits per heavy atom. The molecule has 3 nitrogen and oxygen atoms in total. The van der Waals surface area contributed by atoms with Crippen LogP contribution in [-0.4, -0.2) is 47.4 Å². The summed E-state index contributed by atoms with van der Waals surface area (Å²) in [6.45, 7) is 11.0. The Kier molecular flexibility index (Phi) is 3.93. The maximum atomic E-state index is 9.91. The van der Waals surface area contributed by atoms with E-state index in [9.17, 15) is 5.11 Å². The minimum absolute atomic E-state index is 0.0983. The average molecular weight is 201 g/mol. The van der Waals surface area contributed by atoms with Gasteiger partial charge in [0, 0.05) is 12.1 Å². The zero-order chi connectivity index (χ0) is 10.8. The van der Waals surface area contributed by atoms with Gasteiger partial charge in [-0.1, -0.05) is 6.92 Å².